The zero-order chi connectivity index (χ0) is 17.6. The molecule has 1 saturated heterocycles. The summed E-state index contributed by atoms with van der Waals surface area (Å²) in [6, 6.07) is 7.89. The summed E-state index contributed by atoms with van der Waals surface area (Å²) in [5.41, 5.74) is 0.820. The number of likely N-dealkylation sites (tertiary alicyclic amines) is 1. The summed E-state index contributed by atoms with van der Waals surface area (Å²) in [5, 5.41) is 7.14. The van der Waals surface area contributed by atoms with Gasteiger partial charge in [-0.05, 0) is 25.0 Å². The van der Waals surface area contributed by atoms with Crippen LogP contribution in [0.5, 0.6) is 5.75 Å². The largest absolute Gasteiger partial charge is 0.496 e. The van der Waals surface area contributed by atoms with Crippen LogP contribution in [0.1, 0.15) is 32.1 Å². The van der Waals surface area contributed by atoms with Crippen LogP contribution in [0.4, 0.5) is 0 Å². The molecule has 0 aliphatic carbocycles. The van der Waals surface area contributed by atoms with Crippen LogP contribution >= 0.6 is 0 Å². The Hall–Kier alpha value is -2.41. The van der Waals surface area contributed by atoms with Crippen LogP contribution in [-0.4, -0.2) is 47.2 Å². The number of ether oxygens (including phenoxy) is 1. The third-order valence-electron chi connectivity index (χ3n) is 4.45. The summed E-state index contributed by atoms with van der Waals surface area (Å²) >= 11 is 0. The lowest BCUT2D eigenvalue weighted by molar-refractivity contribution is -0.121. The van der Waals surface area contributed by atoms with Crippen molar-refractivity contribution in [1.82, 2.24) is 20.4 Å². The van der Waals surface area contributed by atoms with Gasteiger partial charge in [0, 0.05) is 25.6 Å². The van der Waals surface area contributed by atoms with E-state index in [1.807, 2.05) is 31.2 Å². The molecule has 1 aromatic carbocycles. The van der Waals surface area contributed by atoms with Crippen molar-refractivity contribution in [3.8, 4) is 17.1 Å². The molecular formula is C18H24N4O3. The summed E-state index contributed by atoms with van der Waals surface area (Å²) in [7, 11) is 1.63. The highest BCUT2D eigenvalue weighted by molar-refractivity contribution is 5.75. The van der Waals surface area contributed by atoms with Crippen molar-refractivity contribution in [2.24, 2.45) is 0 Å². The first-order valence-electron chi connectivity index (χ1n) is 8.67. The molecule has 25 heavy (non-hydrogen) atoms. The van der Waals surface area contributed by atoms with Crippen molar-refractivity contribution in [3.05, 3.63) is 30.2 Å². The third-order valence-corrected chi connectivity index (χ3v) is 4.45. The molecule has 1 fully saturated rings. The van der Waals surface area contributed by atoms with E-state index >= 15 is 0 Å². The van der Waals surface area contributed by atoms with Crippen LogP contribution in [0, 0.1) is 0 Å². The van der Waals surface area contributed by atoms with Gasteiger partial charge in [0.2, 0.25) is 17.6 Å². The number of methoxy groups -OCH3 is 1. The number of nitrogens with one attached hydrogen (secondary N) is 1. The summed E-state index contributed by atoms with van der Waals surface area (Å²) in [5.74, 6) is 1.98. The van der Waals surface area contributed by atoms with Gasteiger partial charge in [0.05, 0.1) is 19.2 Å². The molecule has 2 aromatic rings. The predicted molar refractivity (Wildman–Crippen MR) is 93.0 cm³/mol. The lowest BCUT2D eigenvalue weighted by Crippen LogP contribution is -2.44. The summed E-state index contributed by atoms with van der Waals surface area (Å²) in [6.07, 6.45) is 2.42. The maximum absolute atomic E-state index is 11.5. The second kappa shape index (κ2) is 8.11. The number of carbonyl (C=O) groups is 1. The van der Waals surface area contributed by atoms with Gasteiger partial charge in [-0.15, -0.1) is 0 Å². The molecule has 0 saturated carbocycles. The molecule has 7 nitrogen and oxygen atoms in total. The minimum Gasteiger partial charge on any atom is -0.496 e. The Morgan fingerprint density at radius 2 is 2.12 bits per heavy atom. The zero-order valence-electron chi connectivity index (χ0n) is 14.7. The quantitative estimate of drug-likeness (QED) is 0.865. The minimum atomic E-state index is 0.122. The first kappa shape index (κ1) is 17.4. The van der Waals surface area contributed by atoms with Crippen LogP contribution in [0.2, 0.25) is 0 Å². The van der Waals surface area contributed by atoms with E-state index in [1.165, 1.54) is 0 Å². The molecular weight excluding hydrogens is 320 g/mol. The molecule has 0 atom stereocenters. The fourth-order valence-corrected chi connectivity index (χ4v) is 3.01. The fourth-order valence-electron chi connectivity index (χ4n) is 3.01. The maximum atomic E-state index is 11.5. The number of hydrogen-bond acceptors (Lipinski definition) is 6. The van der Waals surface area contributed by atoms with Crippen LogP contribution < -0.4 is 10.1 Å². The Bertz CT molecular complexity index is 708. The number of rotatable bonds is 6. The van der Waals surface area contributed by atoms with Gasteiger partial charge >= 0.3 is 0 Å². The van der Waals surface area contributed by atoms with Crippen LogP contribution in [0.3, 0.4) is 0 Å². The number of benzene rings is 1. The second-order valence-electron chi connectivity index (χ2n) is 6.18. The third kappa shape index (κ3) is 4.36. The summed E-state index contributed by atoms with van der Waals surface area (Å²) < 4.78 is 10.7. The first-order valence-corrected chi connectivity index (χ1v) is 8.67. The Balaban J connectivity index is 1.57. The van der Waals surface area contributed by atoms with E-state index in [2.05, 4.69) is 20.4 Å². The molecule has 3 rings (SSSR count). The summed E-state index contributed by atoms with van der Waals surface area (Å²) in [4.78, 5) is 18.2. The molecule has 1 aliphatic rings. The van der Waals surface area contributed by atoms with Crippen molar-refractivity contribution in [2.45, 2.75) is 38.8 Å². The molecule has 1 aromatic heterocycles. The number of piperidine rings is 1. The van der Waals surface area contributed by atoms with Crippen LogP contribution in [0.25, 0.3) is 11.4 Å². The van der Waals surface area contributed by atoms with Crippen molar-refractivity contribution in [1.29, 1.82) is 0 Å². The van der Waals surface area contributed by atoms with Gasteiger partial charge in [0.1, 0.15) is 5.75 Å². The van der Waals surface area contributed by atoms with Gasteiger partial charge < -0.3 is 14.6 Å². The lowest BCUT2D eigenvalue weighted by Gasteiger charge is -2.31. The van der Waals surface area contributed by atoms with Gasteiger partial charge in [-0.25, -0.2) is 0 Å². The van der Waals surface area contributed by atoms with E-state index < -0.39 is 0 Å². The topological polar surface area (TPSA) is 80.5 Å². The normalized spacial score (nSPS) is 15.9. The molecule has 0 bridgehead atoms. The van der Waals surface area contributed by atoms with Gasteiger partial charge in [-0.3, -0.25) is 9.69 Å². The highest BCUT2D eigenvalue weighted by atomic mass is 16.5. The molecule has 7 heteroatoms. The Morgan fingerprint density at radius 3 is 2.84 bits per heavy atom. The van der Waals surface area contributed by atoms with Crippen LogP contribution in [-0.2, 0) is 11.3 Å². The van der Waals surface area contributed by atoms with Crippen molar-refractivity contribution < 1.29 is 14.1 Å². The average Bonchev–Trinajstić information content (AvgIpc) is 3.11. The number of nitrogens with zero attached hydrogens (tertiary/aromatic N) is 3. The smallest absolute Gasteiger partial charge is 0.241 e. The monoisotopic (exact) mass is 344 g/mol. The van der Waals surface area contributed by atoms with E-state index in [0.717, 1.165) is 37.2 Å². The SMILES string of the molecule is CCC(=O)NC1CCN(Cc2nc(-c3ccccc3OC)no2)CC1. The molecule has 2 heterocycles. The number of para-hydroxylation sites is 1. The van der Waals surface area contributed by atoms with E-state index in [1.54, 1.807) is 7.11 Å². The number of hydrogen-bond donors (Lipinski definition) is 1. The van der Waals surface area contributed by atoms with Crippen LogP contribution in [0.15, 0.2) is 28.8 Å². The molecule has 0 unspecified atom stereocenters. The Labute approximate surface area is 147 Å². The highest BCUT2D eigenvalue weighted by Gasteiger charge is 2.22. The summed E-state index contributed by atoms with van der Waals surface area (Å²) in [6.45, 7) is 4.30. The van der Waals surface area contributed by atoms with E-state index in [-0.39, 0.29) is 11.9 Å². The van der Waals surface area contributed by atoms with Crippen molar-refractivity contribution in [2.75, 3.05) is 20.2 Å². The second-order valence-corrected chi connectivity index (χ2v) is 6.18. The maximum Gasteiger partial charge on any atom is 0.241 e. The zero-order valence-corrected chi connectivity index (χ0v) is 14.7. The number of aromatic nitrogens is 2. The first-order chi connectivity index (χ1) is 12.2. The molecule has 134 valence electrons. The van der Waals surface area contributed by atoms with Crippen molar-refractivity contribution >= 4 is 5.91 Å². The number of amides is 1. The number of carbonyl (C=O) groups excluding carboxylic acids is 1. The van der Waals surface area contributed by atoms with Gasteiger partial charge in [-0.1, -0.05) is 24.2 Å². The van der Waals surface area contributed by atoms with Crippen molar-refractivity contribution in [3.63, 3.8) is 0 Å². The molecule has 0 radical (unpaired) electrons. The van der Waals surface area contributed by atoms with E-state index in [9.17, 15) is 4.79 Å². The lowest BCUT2D eigenvalue weighted by atomic mass is 10.0. The molecule has 1 amide bonds. The van der Waals surface area contributed by atoms with Gasteiger partial charge in [-0.2, -0.15) is 4.98 Å². The Morgan fingerprint density at radius 1 is 1.36 bits per heavy atom. The molecule has 0 spiro atoms. The predicted octanol–water partition coefficient (Wildman–Crippen LogP) is 2.24. The highest BCUT2D eigenvalue weighted by Crippen LogP contribution is 2.27. The molecule has 1 aliphatic heterocycles. The standard InChI is InChI=1S/C18H24N4O3/c1-3-16(23)19-13-8-10-22(11-9-13)12-17-20-18(21-25-17)14-6-4-5-7-15(14)24-2/h4-7,13H,3,8-12H2,1-2H3,(H,19,23). The fraction of sp³-hybridized carbons (Fsp3) is 0.500. The average molecular weight is 344 g/mol. The van der Waals surface area contributed by atoms with Gasteiger partial charge in [0.25, 0.3) is 0 Å². The molecule has 1 N–H and O–H groups in total. The van der Waals surface area contributed by atoms with E-state index in [4.69, 9.17) is 9.26 Å². The Kier molecular flexibility index (Phi) is 5.65. The minimum absolute atomic E-state index is 0.122. The van der Waals surface area contributed by atoms with Gasteiger partial charge in [0.15, 0.2) is 0 Å². The van der Waals surface area contributed by atoms with E-state index in [0.29, 0.717) is 24.7 Å².